The monoisotopic (exact) mass is 276 g/mol. The molecule has 0 aromatic rings. The van der Waals surface area contributed by atoms with Crippen molar-refractivity contribution in [3.05, 3.63) is 0 Å². The lowest BCUT2D eigenvalue weighted by Crippen LogP contribution is -2.52. The highest BCUT2D eigenvalue weighted by Crippen LogP contribution is 2.31. The Morgan fingerprint density at radius 2 is 2.00 bits per heavy atom. The molecule has 104 valence electrons. The molecule has 1 heterocycles. The number of hydrogen-bond acceptors (Lipinski definition) is 3. The molecule has 2 N–H and O–H groups in total. The van der Waals surface area contributed by atoms with Gasteiger partial charge in [0.15, 0.2) is 0 Å². The average molecular weight is 276 g/mol. The molecule has 7 heteroatoms. The van der Waals surface area contributed by atoms with Gasteiger partial charge in [-0.2, -0.15) is 12.7 Å². The Morgan fingerprint density at radius 1 is 1.28 bits per heavy atom. The molecule has 1 saturated heterocycles. The Kier molecular flexibility index (Phi) is 4.24. The number of aliphatic carboxylic acids is 1. The molecule has 2 rings (SSSR count). The molecule has 0 aromatic heterocycles. The van der Waals surface area contributed by atoms with Gasteiger partial charge >= 0.3 is 5.97 Å². The van der Waals surface area contributed by atoms with Crippen molar-refractivity contribution >= 4 is 16.2 Å². The van der Waals surface area contributed by atoms with Crippen LogP contribution < -0.4 is 4.72 Å². The Bertz CT molecular complexity index is 405. The first-order valence-electron chi connectivity index (χ1n) is 6.50. The number of carboxylic acids is 1. The third-order valence-electron chi connectivity index (χ3n) is 3.58. The summed E-state index contributed by atoms with van der Waals surface area (Å²) in [5.41, 5.74) is 0. The number of nitrogens with one attached hydrogen (secondary N) is 1. The standard InChI is InChI=1S/C11H20N2O4S/c14-11(15)10-3-1-2-8-13(10)18(16,17)12-7-6-9-4-5-9/h9-10,12H,1-8H2,(H,14,15). The molecule has 0 aromatic carbocycles. The van der Waals surface area contributed by atoms with E-state index in [1.165, 1.54) is 12.8 Å². The highest BCUT2D eigenvalue weighted by Gasteiger charge is 2.36. The van der Waals surface area contributed by atoms with E-state index in [9.17, 15) is 13.2 Å². The van der Waals surface area contributed by atoms with E-state index in [1.54, 1.807) is 0 Å². The highest BCUT2D eigenvalue weighted by atomic mass is 32.2. The van der Waals surface area contributed by atoms with Gasteiger partial charge in [0.2, 0.25) is 0 Å². The van der Waals surface area contributed by atoms with Crippen LogP contribution in [0.5, 0.6) is 0 Å². The maximum atomic E-state index is 12.1. The first-order valence-corrected chi connectivity index (χ1v) is 7.94. The van der Waals surface area contributed by atoms with Crippen molar-refractivity contribution < 1.29 is 18.3 Å². The second-order valence-corrected chi connectivity index (χ2v) is 6.80. The minimum atomic E-state index is -3.64. The second-order valence-electron chi connectivity index (χ2n) is 5.09. The summed E-state index contributed by atoms with van der Waals surface area (Å²) in [6, 6.07) is -0.905. The number of rotatable bonds is 6. The predicted molar refractivity (Wildman–Crippen MR) is 66.2 cm³/mol. The molecule has 6 nitrogen and oxygen atoms in total. The van der Waals surface area contributed by atoms with Crippen molar-refractivity contribution in [1.29, 1.82) is 0 Å². The fourth-order valence-electron chi connectivity index (χ4n) is 2.32. The van der Waals surface area contributed by atoms with Gasteiger partial charge in [-0.3, -0.25) is 4.79 Å². The summed E-state index contributed by atoms with van der Waals surface area (Å²) in [6.45, 7) is 0.714. The molecule has 0 amide bonds. The van der Waals surface area contributed by atoms with E-state index < -0.39 is 22.2 Å². The van der Waals surface area contributed by atoms with Gasteiger partial charge in [-0.1, -0.05) is 12.8 Å². The normalized spacial score (nSPS) is 26.1. The number of nitrogens with zero attached hydrogens (tertiary/aromatic N) is 1. The summed E-state index contributed by atoms with van der Waals surface area (Å²) in [5, 5.41) is 9.06. The average Bonchev–Trinajstić information content (AvgIpc) is 3.13. The number of carbonyl (C=O) groups is 1. The fourth-order valence-corrected chi connectivity index (χ4v) is 3.76. The minimum absolute atomic E-state index is 0.301. The summed E-state index contributed by atoms with van der Waals surface area (Å²) < 4.78 is 27.7. The lowest BCUT2D eigenvalue weighted by Gasteiger charge is -2.31. The van der Waals surface area contributed by atoms with Gasteiger partial charge in [-0.05, 0) is 31.6 Å². The molecule has 2 aliphatic rings. The molecule has 2 fully saturated rings. The van der Waals surface area contributed by atoms with Gasteiger partial charge in [-0.25, -0.2) is 4.72 Å². The maximum absolute atomic E-state index is 12.1. The smallest absolute Gasteiger partial charge is 0.322 e. The number of hydrogen-bond donors (Lipinski definition) is 2. The molecule has 18 heavy (non-hydrogen) atoms. The summed E-state index contributed by atoms with van der Waals surface area (Å²) >= 11 is 0. The van der Waals surface area contributed by atoms with Crippen LogP contribution in [0, 0.1) is 5.92 Å². The van der Waals surface area contributed by atoms with Gasteiger partial charge in [0.1, 0.15) is 6.04 Å². The maximum Gasteiger partial charge on any atom is 0.322 e. The van der Waals surface area contributed by atoms with Crippen LogP contribution in [0.1, 0.15) is 38.5 Å². The van der Waals surface area contributed by atoms with Crippen LogP contribution in [-0.2, 0) is 15.0 Å². The molecule has 1 saturated carbocycles. The molecule has 0 bridgehead atoms. The van der Waals surface area contributed by atoms with Gasteiger partial charge in [0, 0.05) is 13.1 Å². The summed E-state index contributed by atoms with van der Waals surface area (Å²) in [5.74, 6) is -0.397. The van der Waals surface area contributed by atoms with Crippen LogP contribution in [0.2, 0.25) is 0 Å². The molecule has 1 aliphatic carbocycles. The van der Waals surface area contributed by atoms with Crippen LogP contribution in [0.25, 0.3) is 0 Å². The Balaban J connectivity index is 1.94. The Hall–Kier alpha value is -0.660. The zero-order valence-electron chi connectivity index (χ0n) is 10.3. The molecule has 0 radical (unpaired) electrons. The van der Waals surface area contributed by atoms with Crippen molar-refractivity contribution in [2.24, 2.45) is 5.92 Å². The minimum Gasteiger partial charge on any atom is -0.480 e. The van der Waals surface area contributed by atoms with E-state index in [1.807, 2.05) is 0 Å². The summed E-state index contributed by atoms with van der Waals surface area (Å²) in [7, 11) is -3.64. The lowest BCUT2D eigenvalue weighted by atomic mass is 10.1. The topological polar surface area (TPSA) is 86.7 Å². The van der Waals surface area contributed by atoms with Gasteiger partial charge < -0.3 is 5.11 Å². The van der Waals surface area contributed by atoms with Crippen molar-refractivity contribution in [3.8, 4) is 0 Å². The lowest BCUT2D eigenvalue weighted by molar-refractivity contribution is -0.142. The van der Waals surface area contributed by atoms with E-state index in [0.717, 1.165) is 23.6 Å². The molecular weight excluding hydrogens is 256 g/mol. The zero-order valence-corrected chi connectivity index (χ0v) is 11.2. The Labute approximate surface area is 108 Å². The fraction of sp³-hybridized carbons (Fsp3) is 0.909. The number of carboxylic acid groups (broad SMARTS) is 1. The van der Waals surface area contributed by atoms with Crippen molar-refractivity contribution in [1.82, 2.24) is 9.03 Å². The quantitative estimate of drug-likeness (QED) is 0.742. The summed E-state index contributed by atoms with van der Waals surface area (Å²) in [6.07, 6.45) is 5.12. The highest BCUT2D eigenvalue weighted by molar-refractivity contribution is 7.87. The van der Waals surface area contributed by atoms with Crippen molar-refractivity contribution in [2.45, 2.75) is 44.6 Å². The predicted octanol–water partition coefficient (Wildman–Crippen LogP) is 0.560. The molecule has 1 atom stereocenters. The SMILES string of the molecule is O=C(O)C1CCCCN1S(=O)(=O)NCCC1CC1. The van der Waals surface area contributed by atoms with Crippen molar-refractivity contribution in [3.63, 3.8) is 0 Å². The van der Waals surface area contributed by atoms with E-state index in [4.69, 9.17) is 5.11 Å². The molecular formula is C11H20N2O4S. The molecule has 1 aliphatic heterocycles. The third-order valence-corrected chi connectivity index (χ3v) is 5.20. The van der Waals surface area contributed by atoms with Gasteiger partial charge in [-0.15, -0.1) is 0 Å². The first kappa shape index (κ1) is 13.8. The van der Waals surface area contributed by atoms with E-state index in [0.29, 0.717) is 25.4 Å². The van der Waals surface area contributed by atoms with Crippen LogP contribution in [-0.4, -0.2) is 42.9 Å². The van der Waals surface area contributed by atoms with E-state index in [2.05, 4.69) is 4.72 Å². The zero-order chi connectivity index (χ0) is 13.2. The second kappa shape index (κ2) is 5.54. The van der Waals surface area contributed by atoms with E-state index >= 15 is 0 Å². The third kappa shape index (κ3) is 3.43. The first-order chi connectivity index (χ1) is 8.50. The summed E-state index contributed by atoms with van der Waals surface area (Å²) in [4.78, 5) is 11.1. The van der Waals surface area contributed by atoms with E-state index in [-0.39, 0.29) is 0 Å². The van der Waals surface area contributed by atoms with Crippen LogP contribution >= 0.6 is 0 Å². The van der Waals surface area contributed by atoms with Crippen LogP contribution in [0.3, 0.4) is 0 Å². The largest absolute Gasteiger partial charge is 0.480 e. The number of piperidine rings is 1. The van der Waals surface area contributed by atoms with Crippen LogP contribution in [0.4, 0.5) is 0 Å². The van der Waals surface area contributed by atoms with Gasteiger partial charge in [0.25, 0.3) is 10.2 Å². The van der Waals surface area contributed by atoms with Crippen LogP contribution in [0.15, 0.2) is 0 Å². The Morgan fingerprint density at radius 3 is 2.61 bits per heavy atom. The molecule has 0 spiro atoms. The van der Waals surface area contributed by atoms with Crippen molar-refractivity contribution in [2.75, 3.05) is 13.1 Å². The van der Waals surface area contributed by atoms with Gasteiger partial charge in [0.05, 0.1) is 0 Å². The molecule has 1 unspecified atom stereocenters.